The van der Waals surface area contributed by atoms with Crippen molar-refractivity contribution in [3.8, 4) is 0 Å². The number of hydrogen-bond donors (Lipinski definition) is 0. The van der Waals surface area contributed by atoms with Gasteiger partial charge in [-0.25, -0.2) is 0 Å². The molecule has 0 aliphatic carbocycles. The average Bonchev–Trinajstić information content (AvgIpc) is 3.27. The standard InChI is InChI=1S/C29H44N2O3.C4H10.C2H6/c1-3-5-7-9-10-11-12-17-23-31-28(33)24-26(29(31)34)30(22-16-8-6-4-2)27(32)21-20-25-18-14-13-15-19-25;1-3-4-2;1-2/h13-15,18-21,26H,3-12,16-17,22-24H2,1-2H3;3-4H2,1-2H3;1-2H3/b21-20+;;. The minimum Gasteiger partial charge on any atom is -0.327 e. The molecule has 228 valence electrons. The predicted molar refractivity (Wildman–Crippen MR) is 171 cm³/mol. The number of imide groups is 1. The smallest absolute Gasteiger partial charge is 0.252 e. The topological polar surface area (TPSA) is 57.7 Å². The second-order valence-corrected chi connectivity index (χ2v) is 10.4. The maximum Gasteiger partial charge on any atom is 0.252 e. The van der Waals surface area contributed by atoms with Crippen LogP contribution in [-0.2, 0) is 14.4 Å². The van der Waals surface area contributed by atoms with Gasteiger partial charge >= 0.3 is 0 Å². The van der Waals surface area contributed by atoms with Gasteiger partial charge in [0.1, 0.15) is 6.04 Å². The molecule has 0 aromatic heterocycles. The molecule has 1 unspecified atom stereocenters. The normalized spacial score (nSPS) is 14.6. The lowest BCUT2D eigenvalue weighted by Crippen LogP contribution is -2.45. The second kappa shape index (κ2) is 25.5. The Morgan fingerprint density at radius 2 is 1.30 bits per heavy atom. The molecule has 5 nitrogen and oxygen atoms in total. The van der Waals surface area contributed by atoms with Gasteiger partial charge in [0.2, 0.25) is 11.8 Å². The monoisotopic (exact) mass is 556 g/mol. The highest BCUT2D eigenvalue weighted by Crippen LogP contribution is 2.22. The molecule has 1 heterocycles. The Hall–Kier alpha value is -2.43. The number of nitrogens with zero attached hydrogens (tertiary/aromatic N) is 2. The van der Waals surface area contributed by atoms with Crippen LogP contribution in [0.25, 0.3) is 6.08 Å². The Bertz CT molecular complexity index is 804. The number of carbonyl (C=O) groups excluding carboxylic acids is 3. The van der Waals surface area contributed by atoms with Gasteiger partial charge in [-0.15, -0.1) is 0 Å². The summed E-state index contributed by atoms with van der Waals surface area (Å²) in [5, 5.41) is 0. The SMILES string of the molecule is CC.CCCC.CCCCCCCCCCN1C(=O)CC(N(CCCCCC)C(=O)/C=C/c2ccccc2)C1=O. The summed E-state index contributed by atoms with van der Waals surface area (Å²) in [6, 6.07) is 8.99. The minimum absolute atomic E-state index is 0.106. The van der Waals surface area contributed by atoms with Gasteiger partial charge in [0, 0.05) is 19.2 Å². The van der Waals surface area contributed by atoms with Gasteiger partial charge in [-0.3, -0.25) is 19.3 Å². The van der Waals surface area contributed by atoms with Crippen LogP contribution in [0.2, 0.25) is 0 Å². The van der Waals surface area contributed by atoms with Gasteiger partial charge in [0.15, 0.2) is 0 Å². The predicted octanol–water partition coefficient (Wildman–Crippen LogP) is 9.21. The number of carbonyl (C=O) groups is 3. The molecular formula is C35H60N2O3. The molecule has 1 aromatic rings. The first-order chi connectivity index (χ1) is 19.5. The van der Waals surface area contributed by atoms with Crippen LogP contribution in [-0.4, -0.2) is 46.7 Å². The van der Waals surface area contributed by atoms with Crippen LogP contribution in [0.15, 0.2) is 36.4 Å². The average molecular weight is 557 g/mol. The van der Waals surface area contributed by atoms with Crippen molar-refractivity contribution in [2.75, 3.05) is 13.1 Å². The van der Waals surface area contributed by atoms with Crippen LogP contribution in [0.4, 0.5) is 0 Å². The molecule has 0 spiro atoms. The lowest BCUT2D eigenvalue weighted by Gasteiger charge is -2.26. The number of benzene rings is 1. The Labute approximate surface area is 246 Å². The van der Waals surface area contributed by atoms with Gasteiger partial charge in [0.05, 0.1) is 6.42 Å². The summed E-state index contributed by atoms with van der Waals surface area (Å²) < 4.78 is 0. The van der Waals surface area contributed by atoms with Gasteiger partial charge in [-0.2, -0.15) is 0 Å². The van der Waals surface area contributed by atoms with E-state index in [9.17, 15) is 14.4 Å². The van der Waals surface area contributed by atoms with Crippen molar-refractivity contribution in [2.45, 2.75) is 144 Å². The third-order valence-electron chi connectivity index (χ3n) is 7.09. The molecule has 0 bridgehead atoms. The Morgan fingerprint density at radius 1 is 0.775 bits per heavy atom. The van der Waals surface area contributed by atoms with E-state index in [-0.39, 0.29) is 24.1 Å². The number of rotatable bonds is 18. The Kier molecular flexibility index (Phi) is 24.0. The van der Waals surface area contributed by atoms with E-state index in [1.807, 2.05) is 44.2 Å². The van der Waals surface area contributed by atoms with Crippen molar-refractivity contribution in [2.24, 2.45) is 0 Å². The molecule has 0 saturated carbocycles. The van der Waals surface area contributed by atoms with Crippen LogP contribution < -0.4 is 0 Å². The van der Waals surface area contributed by atoms with Crippen LogP contribution in [0.1, 0.15) is 143 Å². The molecule has 2 rings (SSSR count). The van der Waals surface area contributed by atoms with Gasteiger partial charge in [0.25, 0.3) is 5.91 Å². The van der Waals surface area contributed by atoms with Crippen molar-refractivity contribution in [3.63, 3.8) is 0 Å². The third kappa shape index (κ3) is 16.0. The first-order valence-electron chi connectivity index (χ1n) is 16.4. The largest absolute Gasteiger partial charge is 0.327 e. The zero-order chi connectivity index (χ0) is 30.0. The van der Waals surface area contributed by atoms with E-state index in [0.29, 0.717) is 13.1 Å². The summed E-state index contributed by atoms with van der Waals surface area (Å²) >= 11 is 0. The van der Waals surface area contributed by atoms with E-state index in [0.717, 1.165) is 50.5 Å². The van der Waals surface area contributed by atoms with E-state index in [1.165, 1.54) is 55.9 Å². The first-order valence-corrected chi connectivity index (χ1v) is 16.4. The minimum atomic E-state index is -0.670. The molecule has 3 amide bonds. The lowest BCUT2D eigenvalue weighted by molar-refractivity contribution is -0.142. The summed E-state index contributed by atoms with van der Waals surface area (Å²) in [7, 11) is 0. The molecule has 5 heteroatoms. The fourth-order valence-corrected chi connectivity index (χ4v) is 4.50. The molecule has 0 N–H and O–H groups in total. The zero-order valence-electron chi connectivity index (χ0n) is 26.8. The third-order valence-corrected chi connectivity index (χ3v) is 7.09. The van der Waals surface area contributed by atoms with Gasteiger partial charge in [-0.1, -0.05) is 149 Å². The van der Waals surface area contributed by atoms with Crippen LogP contribution >= 0.6 is 0 Å². The van der Waals surface area contributed by atoms with Crippen LogP contribution in [0, 0.1) is 0 Å². The molecule has 0 radical (unpaired) electrons. The number of hydrogen-bond acceptors (Lipinski definition) is 3. The van der Waals surface area contributed by atoms with Crippen molar-refractivity contribution < 1.29 is 14.4 Å². The quantitative estimate of drug-likeness (QED) is 0.103. The maximum absolute atomic E-state index is 13.2. The Morgan fingerprint density at radius 3 is 1.85 bits per heavy atom. The van der Waals surface area contributed by atoms with E-state index in [4.69, 9.17) is 0 Å². The summed E-state index contributed by atoms with van der Waals surface area (Å²) in [4.78, 5) is 41.9. The van der Waals surface area contributed by atoms with Crippen molar-refractivity contribution in [1.82, 2.24) is 9.80 Å². The van der Waals surface area contributed by atoms with Crippen molar-refractivity contribution in [3.05, 3.63) is 42.0 Å². The van der Waals surface area contributed by atoms with Crippen LogP contribution in [0.3, 0.4) is 0 Å². The molecular weight excluding hydrogens is 496 g/mol. The Balaban J connectivity index is 0.00000232. The summed E-state index contributed by atoms with van der Waals surface area (Å²) in [5.41, 5.74) is 0.937. The summed E-state index contributed by atoms with van der Waals surface area (Å²) in [5.74, 6) is -0.540. The van der Waals surface area contributed by atoms with E-state index in [1.54, 1.807) is 11.0 Å². The first kappa shape index (κ1) is 37.6. The number of likely N-dealkylation sites (tertiary alicyclic amines) is 1. The number of unbranched alkanes of at least 4 members (excludes halogenated alkanes) is 11. The highest BCUT2D eigenvalue weighted by atomic mass is 16.2. The van der Waals surface area contributed by atoms with E-state index in [2.05, 4.69) is 27.7 Å². The van der Waals surface area contributed by atoms with E-state index >= 15 is 0 Å². The fourth-order valence-electron chi connectivity index (χ4n) is 4.50. The van der Waals surface area contributed by atoms with Crippen LogP contribution in [0.5, 0.6) is 0 Å². The lowest BCUT2D eigenvalue weighted by atomic mass is 10.1. The van der Waals surface area contributed by atoms with Crippen molar-refractivity contribution in [1.29, 1.82) is 0 Å². The molecule has 1 saturated heterocycles. The molecule has 1 fully saturated rings. The molecule has 1 aliphatic heterocycles. The molecule has 1 aliphatic rings. The molecule has 1 aromatic carbocycles. The summed E-state index contributed by atoms with van der Waals surface area (Å²) in [6.07, 6.45) is 19.5. The van der Waals surface area contributed by atoms with E-state index < -0.39 is 6.04 Å². The van der Waals surface area contributed by atoms with Gasteiger partial charge in [-0.05, 0) is 24.5 Å². The highest BCUT2D eigenvalue weighted by molar-refractivity contribution is 6.07. The molecule has 1 atom stereocenters. The van der Waals surface area contributed by atoms with Crippen molar-refractivity contribution >= 4 is 23.8 Å². The fraction of sp³-hybridized carbons (Fsp3) is 0.686. The highest BCUT2D eigenvalue weighted by Gasteiger charge is 2.42. The molecule has 40 heavy (non-hydrogen) atoms. The summed E-state index contributed by atoms with van der Waals surface area (Å²) in [6.45, 7) is 13.7. The van der Waals surface area contributed by atoms with Gasteiger partial charge < -0.3 is 4.90 Å². The zero-order valence-corrected chi connectivity index (χ0v) is 26.8. The maximum atomic E-state index is 13.2. The second-order valence-electron chi connectivity index (χ2n) is 10.4. The number of amides is 3.